The number of amides is 1. The van der Waals surface area contributed by atoms with Crippen LogP contribution in [-0.2, 0) is 13.1 Å². The average Bonchev–Trinajstić information content (AvgIpc) is 3.11. The van der Waals surface area contributed by atoms with Crippen molar-refractivity contribution in [3.8, 4) is 11.3 Å². The van der Waals surface area contributed by atoms with Gasteiger partial charge in [0, 0.05) is 49.2 Å². The third kappa shape index (κ3) is 3.67. The minimum Gasteiger partial charge on any atom is -0.355 e. The van der Waals surface area contributed by atoms with Gasteiger partial charge in [0.05, 0.1) is 11.9 Å². The maximum absolute atomic E-state index is 11.5. The quantitative estimate of drug-likeness (QED) is 0.649. The first-order chi connectivity index (χ1) is 11.8. The van der Waals surface area contributed by atoms with E-state index < -0.39 is 0 Å². The summed E-state index contributed by atoms with van der Waals surface area (Å²) in [6.07, 6.45) is 5.39. The molecule has 0 atom stereocenters. The molecular formula is C18H19N5O. The number of H-pyrrole nitrogens is 1. The van der Waals surface area contributed by atoms with E-state index in [9.17, 15) is 4.79 Å². The summed E-state index contributed by atoms with van der Waals surface area (Å²) < 4.78 is 0. The van der Waals surface area contributed by atoms with E-state index in [-0.39, 0.29) is 5.91 Å². The Kier molecular flexibility index (Phi) is 4.98. The molecule has 1 amide bonds. The van der Waals surface area contributed by atoms with E-state index >= 15 is 0 Å². The summed E-state index contributed by atoms with van der Waals surface area (Å²) in [4.78, 5) is 15.7. The minimum absolute atomic E-state index is 0.0750. The van der Waals surface area contributed by atoms with Crippen LogP contribution in [0.2, 0.25) is 0 Å². The molecular weight excluding hydrogens is 302 g/mol. The third-order valence-electron chi connectivity index (χ3n) is 3.76. The van der Waals surface area contributed by atoms with Crippen molar-refractivity contribution in [1.82, 2.24) is 25.8 Å². The van der Waals surface area contributed by atoms with Gasteiger partial charge in [0.25, 0.3) is 5.91 Å². The monoisotopic (exact) mass is 321 g/mol. The molecule has 0 saturated carbocycles. The smallest absolute Gasteiger partial charge is 0.251 e. The van der Waals surface area contributed by atoms with Crippen LogP contribution in [0.15, 0.2) is 55.0 Å². The molecule has 0 aliphatic rings. The Morgan fingerprint density at radius 1 is 1.12 bits per heavy atom. The lowest BCUT2D eigenvalue weighted by molar-refractivity contribution is 0.0963. The lowest BCUT2D eigenvalue weighted by atomic mass is 10.1. The van der Waals surface area contributed by atoms with Crippen LogP contribution in [0.5, 0.6) is 0 Å². The molecule has 0 saturated heterocycles. The van der Waals surface area contributed by atoms with Gasteiger partial charge in [-0.1, -0.05) is 12.1 Å². The van der Waals surface area contributed by atoms with Crippen molar-refractivity contribution in [3.63, 3.8) is 0 Å². The molecule has 6 nitrogen and oxygen atoms in total. The standard InChI is InChI=1S/C18H19N5O/c1-19-18(24)14-6-4-13(5-7-14)9-21-11-16-12-22-23-17(16)15-3-2-8-20-10-15/h2-8,10,12,21H,9,11H2,1H3,(H,19,24)(H,22,23). The van der Waals surface area contributed by atoms with Crippen molar-refractivity contribution in [2.45, 2.75) is 13.1 Å². The van der Waals surface area contributed by atoms with Gasteiger partial charge in [-0.3, -0.25) is 14.9 Å². The lowest BCUT2D eigenvalue weighted by Crippen LogP contribution is -2.18. The van der Waals surface area contributed by atoms with Gasteiger partial charge in [-0.15, -0.1) is 0 Å². The summed E-state index contributed by atoms with van der Waals surface area (Å²) in [5, 5.41) is 13.2. The zero-order valence-electron chi connectivity index (χ0n) is 13.4. The zero-order chi connectivity index (χ0) is 16.8. The summed E-state index contributed by atoms with van der Waals surface area (Å²) in [7, 11) is 1.63. The van der Waals surface area contributed by atoms with Crippen LogP contribution in [0.4, 0.5) is 0 Å². The molecule has 0 aliphatic carbocycles. The Labute approximate surface area is 140 Å². The molecule has 122 valence electrons. The Bertz CT molecular complexity index is 796. The third-order valence-corrected chi connectivity index (χ3v) is 3.76. The van der Waals surface area contributed by atoms with Crippen LogP contribution >= 0.6 is 0 Å². The second-order valence-corrected chi connectivity index (χ2v) is 5.39. The number of aromatic nitrogens is 3. The number of carbonyl (C=O) groups is 1. The van der Waals surface area contributed by atoms with Crippen LogP contribution in [0.3, 0.4) is 0 Å². The highest BCUT2D eigenvalue weighted by Gasteiger charge is 2.07. The number of nitrogens with one attached hydrogen (secondary N) is 3. The van der Waals surface area contributed by atoms with Gasteiger partial charge in [-0.05, 0) is 29.8 Å². The SMILES string of the molecule is CNC(=O)c1ccc(CNCc2cn[nH]c2-c2cccnc2)cc1. The van der Waals surface area contributed by atoms with Gasteiger partial charge in [-0.2, -0.15) is 5.10 Å². The molecule has 0 aliphatic heterocycles. The second kappa shape index (κ2) is 7.52. The molecule has 3 aromatic rings. The van der Waals surface area contributed by atoms with Crippen LogP contribution in [0, 0.1) is 0 Å². The number of hydrogen-bond acceptors (Lipinski definition) is 4. The molecule has 3 rings (SSSR count). The van der Waals surface area contributed by atoms with E-state index in [0.717, 1.165) is 22.4 Å². The molecule has 0 radical (unpaired) electrons. The van der Waals surface area contributed by atoms with Gasteiger partial charge < -0.3 is 10.6 Å². The van der Waals surface area contributed by atoms with E-state index in [1.54, 1.807) is 13.2 Å². The molecule has 0 fully saturated rings. The van der Waals surface area contributed by atoms with Gasteiger partial charge >= 0.3 is 0 Å². The van der Waals surface area contributed by atoms with E-state index in [1.807, 2.05) is 48.8 Å². The van der Waals surface area contributed by atoms with E-state index in [2.05, 4.69) is 25.8 Å². The molecule has 1 aromatic carbocycles. The van der Waals surface area contributed by atoms with Crippen molar-refractivity contribution >= 4 is 5.91 Å². The van der Waals surface area contributed by atoms with Crippen molar-refractivity contribution in [2.24, 2.45) is 0 Å². The maximum atomic E-state index is 11.5. The topological polar surface area (TPSA) is 82.7 Å². The summed E-state index contributed by atoms with van der Waals surface area (Å²) in [6.45, 7) is 1.41. The molecule has 0 spiro atoms. The van der Waals surface area contributed by atoms with E-state index in [1.165, 1.54) is 0 Å². The normalized spacial score (nSPS) is 10.5. The molecule has 3 N–H and O–H groups in total. The number of pyridine rings is 1. The van der Waals surface area contributed by atoms with Crippen LogP contribution in [0.1, 0.15) is 21.5 Å². The van der Waals surface area contributed by atoms with Gasteiger partial charge in [0.15, 0.2) is 0 Å². The first-order valence-corrected chi connectivity index (χ1v) is 7.72. The zero-order valence-corrected chi connectivity index (χ0v) is 13.4. The summed E-state index contributed by atoms with van der Waals surface area (Å²) in [6, 6.07) is 11.5. The first kappa shape index (κ1) is 15.9. The molecule has 0 bridgehead atoms. The van der Waals surface area contributed by atoms with Crippen molar-refractivity contribution in [2.75, 3.05) is 7.05 Å². The highest BCUT2D eigenvalue weighted by Crippen LogP contribution is 2.19. The number of rotatable bonds is 6. The van der Waals surface area contributed by atoms with Gasteiger partial charge in [0.2, 0.25) is 0 Å². The van der Waals surface area contributed by atoms with E-state index in [0.29, 0.717) is 18.7 Å². The number of carbonyl (C=O) groups excluding carboxylic acids is 1. The highest BCUT2D eigenvalue weighted by molar-refractivity contribution is 5.93. The van der Waals surface area contributed by atoms with Crippen LogP contribution in [0.25, 0.3) is 11.3 Å². The molecule has 6 heteroatoms. The summed E-state index contributed by atoms with van der Waals surface area (Å²) in [5.41, 5.74) is 4.86. The molecule has 24 heavy (non-hydrogen) atoms. The van der Waals surface area contributed by atoms with Crippen LogP contribution in [-0.4, -0.2) is 28.1 Å². The van der Waals surface area contributed by atoms with Crippen molar-refractivity contribution in [3.05, 3.63) is 71.7 Å². The molecule has 2 aromatic heterocycles. The van der Waals surface area contributed by atoms with E-state index in [4.69, 9.17) is 0 Å². The second-order valence-electron chi connectivity index (χ2n) is 5.39. The largest absolute Gasteiger partial charge is 0.355 e. The van der Waals surface area contributed by atoms with Crippen molar-refractivity contribution < 1.29 is 4.79 Å². The maximum Gasteiger partial charge on any atom is 0.251 e. The predicted molar refractivity (Wildman–Crippen MR) is 92.2 cm³/mol. The molecule has 0 unspecified atom stereocenters. The highest BCUT2D eigenvalue weighted by atomic mass is 16.1. The number of hydrogen-bond donors (Lipinski definition) is 3. The predicted octanol–water partition coefficient (Wildman–Crippen LogP) is 2.12. The summed E-state index contributed by atoms with van der Waals surface area (Å²) in [5.74, 6) is -0.0750. The Hall–Kier alpha value is -2.99. The number of benzene rings is 1. The fraction of sp³-hybridized carbons (Fsp3) is 0.167. The molecule has 2 heterocycles. The number of nitrogens with zero attached hydrogens (tertiary/aromatic N) is 2. The van der Waals surface area contributed by atoms with Gasteiger partial charge in [0.1, 0.15) is 0 Å². The Morgan fingerprint density at radius 2 is 1.96 bits per heavy atom. The Balaban J connectivity index is 1.60. The Morgan fingerprint density at radius 3 is 2.67 bits per heavy atom. The first-order valence-electron chi connectivity index (χ1n) is 7.72. The van der Waals surface area contributed by atoms with Crippen LogP contribution < -0.4 is 10.6 Å². The van der Waals surface area contributed by atoms with Gasteiger partial charge in [-0.25, -0.2) is 0 Å². The summed E-state index contributed by atoms with van der Waals surface area (Å²) >= 11 is 0. The fourth-order valence-electron chi connectivity index (χ4n) is 2.47. The lowest BCUT2D eigenvalue weighted by Gasteiger charge is -2.07. The fourth-order valence-corrected chi connectivity index (χ4v) is 2.47. The average molecular weight is 321 g/mol. The van der Waals surface area contributed by atoms with Crippen molar-refractivity contribution in [1.29, 1.82) is 0 Å². The minimum atomic E-state index is -0.0750. The number of aromatic amines is 1.